The Bertz CT molecular complexity index is 2160. The number of fused-ring (bicyclic) bond motifs is 2. The van der Waals surface area contributed by atoms with Crippen molar-refractivity contribution in [2.45, 2.75) is 44.9 Å². The molecule has 0 radical (unpaired) electrons. The fourth-order valence-corrected chi connectivity index (χ4v) is 7.24. The van der Waals surface area contributed by atoms with E-state index in [1.807, 2.05) is 0 Å². The van der Waals surface area contributed by atoms with E-state index >= 15 is 0 Å². The number of aromatic nitrogens is 3. The molecule has 1 saturated carbocycles. The van der Waals surface area contributed by atoms with Gasteiger partial charge in [-0.25, -0.2) is 18.7 Å². The maximum absolute atomic E-state index is 14.4. The van der Waals surface area contributed by atoms with Gasteiger partial charge in [0.1, 0.15) is 35.0 Å². The number of ketones is 1. The third-order valence-electron chi connectivity index (χ3n) is 10.0. The van der Waals surface area contributed by atoms with Gasteiger partial charge >= 0.3 is 0 Å². The van der Waals surface area contributed by atoms with Gasteiger partial charge in [0.05, 0.1) is 17.4 Å². The number of nitrogens with one attached hydrogen (secondary N) is 1. The predicted octanol–water partition coefficient (Wildman–Crippen LogP) is 7.08. The molecule has 5 aromatic rings. The van der Waals surface area contributed by atoms with Crippen LogP contribution in [-0.4, -0.2) is 49.9 Å². The van der Waals surface area contributed by atoms with E-state index in [1.165, 1.54) is 39.9 Å². The standard InChI is InChI=1S/C39H35F2N5O5/c40-28-11-13-36-44-33(21-45(36)20-28)38(50)43-18-24-6-4-23(5-7-24)8-10-27-16-35(49)32-17-29(41)19-42-37(32)46(39(27)51)30-3-1-2-26(15-30)31-12-9-25(22-47)14-34(31)48/h1-3,9,11-15,17,19-24,27,48H,4-8,10,16,18H2,(H,43,50). The number of anilines is 2. The molecule has 2 N–H and O–H groups in total. The molecule has 2 aliphatic rings. The number of aromatic hydroxyl groups is 1. The highest BCUT2D eigenvalue weighted by molar-refractivity contribution is 6.13. The number of carbonyl (C=O) groups excluding carboxylic acids is 4. The van der Waals surface area contributed by atoms with E-state index in [4.69, 9.17) is 0 Å². The van der Waals surface area contributed by atoms with Crippen LogP contribution < -0.4 is 10.2 Å². The number of hydrogen-bond acceptors (Lipinski definition) is 7. The van der Waals surface area contributed by atoms with Crippen LogP contribution >= 0.6 is 0 Å². The van der Waals surface area contributed by atoms with Crippen LogP contribution in [0, 0.1) is 29.4 Å². The van der Waals surface area contributed by atoms with Crippen LogP contribution in [0.1, 0.15) is 76.2 Å². The van der Waals surface area contributed by atoms with Gasteiger partial charge in [0, 0.05) is 42.4 Å². The first-order valence-electron chi connectivity index (χ1n) is 17.0. The summed E-state index contributed by atoms with van der Waals surface area (Å²) in [4.78, 5) is 61.5. The SMILES string of the molecule is O=Cc1ccc(-c2cccc(N3C(=O)C(CCC4CCC(CNC(=O)c5cn6cc(F)ccc6n5)CC4)CC(=O)c4cc(F)cnc43)c2)c(O)c1. The Morgan fingerprint density at radius 2 is 1.73 bits per heavy atom. The van der Waals surface area contributed by atoms with E-state index in [2.05, 4.69) is 15.3 Å². The van der Waals surface area contributed by atoms with E-state index in [-0.39, 0.29) is 52.8 Å². The number of pyridine rings is 2. The van der Waals surface area contributed by atoms with Gasteiger partial charge in [0.25, 0.3) is 5.91 Å². The smallest absolute Gasteiger partial charge is 0.271 e. The summed E-state index contributed by atoms with van der Waals surface area (Å²) in [5.41, 5.74) is 2.50. The maximum atomic E-state index is 14.4. The van der Waals surface area contributed by atoms with Gasteiger partial charge in [-0.3, -0.25) is 24.1 Å². The molecule has 0 saturated heterocycles. The molecule has 1 atom stereocenters. The molecular formula is C39H35F2N5O5. The molecule has 1 fully saturated rings. The molecule has 1 unspecified atom stereocenters. The third kappa shape index (κ3) is 7.12. The molecule has 2 amide bonds. The Kier molecular flexibility index (Phi) is 9.40. The van der Waals surface area contributed by atoms with Crippen LogP contribution in [0.2, 0.25) is 0 Å². The number of imidazole rings is 1. The quantitative estimate of drug-likeness (QED) is 0.158. The van der Waals surface area contributed by atoms with E-state index in [0.29, 0.717) is 53.2 Å². The lowest BCUT2D eigenvalue weighted by Crippen LogP contribution is -2.33. The van der Waals surface area contributed by atoms with Gasteiger partial charge in [-0.2, -0.15) is 0 Å². The molecule has 10 nitrogen and oxygen atoms in total. The van der Waals surface area contributed by atoms with Gasteiger partial charge in [0.2, 0.25) is 5.91 Å². The summed E-state index contributed by atoms with van der Waals surface area (Å²) in [6.45, 7) is 0.498. The zero-order valence-electron chi connectivity index (χ0n) is 27.6. The maximum Gasteiger partial charge on any atom is 0.271 e. The van der Waals surface area contributed by atoms with E-state index < -0.39 is 17.6 Å². The minimum atomic E-state index is -0.677. The van der Waals surface area contributed by atoms with Crippen molar-refractivity contribution < 1.29 is 33.1 Å². The zero-order chi connectivity index (χ0) is 35.6. The molecule has 0 bridgehead atoms. The number of aldehydes is 1. The molecule has 3 aromatic heterocycles. The summed E-state index contributed by atoms with van der Waals surface area (Å²) in [6.07, 6.45) is 9.13. The summed E-state index contributed by atoms with van der Waals surface area (Å²) in [6, 6.07) is 15.4. The van der Waals surface area contributed by atoms with Crippen LogP contribution in [0.5, 0.6) is 5.75 Å². The molecule has 7 rings (SSSR count). The number of phenols is 1. The highest BCUT2D eigenvalue weighted by Crippen LogP contribution is 2.40. The van der Waals surface area contributed by atoms with E-state index in [9.17, 15) is 33.1 Å². The minimum absolute atomic E-state index is 0.0350. The molecule has 1 aliphatic heterocycles. The van der Waals surface area contributed by atoms with Gasteiger partial charge in [0.15, 0.2) is 11.6 Å². The average Bonchev–Trinajstić information content (AvgIpc) is 3.53. The number of hydrogen-bond donors (Lipinski definition) is 2. The van der Waals surface area contributed by atoms with Crippen molar-refractivity contribution in [2.75, 3.05) is 11.4 Å². The number of halogens is 2. The third-order valence-corrected chi connectivity index (χ3v) is 10.0. The molecule has 2 aromatic carbocycles. The summed E-state index contributed by atoms with van der Waals surface area (Å²) >= 11 is 0. The number of phenolic OH excluding ortho intramolecular Hbond substituents is 1. The Hall–Kier alpha value is -5.78. The minimum Gasteiger partial charge on any atom is -0.507 e. The topological polar surface area (TPSA) is 134 Å². The van der Waals surface area contributed by atoms with E-state index in [0.717, 1.165) is 44.4 Å². The van der Waals surface area contributed by atoms with Crippen LogP contribution in [0.4, 0.5) is 20.3 Å². The van der Waals surface area contributed by atoms with Gasteiger partial charge < -0.3 is 14.8 Å². The molecule has 260 valence electrons. The predicted molar refractivity (Wildman–Crippen MR) is 185 cm³/mol. The summed E-state index contributed by atoms with van der Waals surface area (Å²) < 4.78 is 29.4. The Balaban J connectivity index is 1.02. The number of Topliss-reactive ketones (excluding diaryl/α,β-unsaturated/α-hetero) is 1. The second-order valence-corrected chi connectivity index (χ2v) is 13.4. The molecule has 4 heterocycles. The lowest BCUT2D eigenvalue weighted by molar-refractivity contribution is -0.121. The van der Waals surface area contributed by atoms with Crippen molar-refractivity contribution in [3.8, 4) is 16.9 Å². The summed E-state index contributed by atoms with van der Waals surface area (Å²) in [7, 11) is 0. The Morgan fingerprint density at radius 3 is 2.51 bits per heavy atom. The number of rotatable bonds is 9. The normalized spacial score (nSPS) is 19.1. The molecule has 0 spiro atoms. The Labute approximate surface area is 292 Å². The monoisotopic (exact) mass is 691 g/mol. The molecule has 12 heteroatoms. The van der Waals surface area contributed by atoms with Gasteiger partial charge in [-0.1, -0.05) is 31.0 Å². The fourth-order valence-electron chi connectivity index (χ4n) is 7.24. The molecular weight excluding hydrogens is 656 g/mol. The number of benzene rings is 2. The largest absolute Gasteiger partial charge is 0.507 e. The van der Waals surface area contributed by atoms with Gasteiger partial charge in [-0.15, -0.1) is 0 Å². The number of carbonyl (C=O) groups is 4. The Morgan fingerprint density at radius 1 is 0.922 bits per heavy atom. The second-order valence-electron chi connectivity index (χ2n) is 13.4. The van der Waals surface area contributed by atoms with Gasteiger partial charge in [-0.05, 0) is 85.5 Å². The number of nitrogens with zero attached hydrogens (tertiary/aromatic N) is 4. The number of amides is 2. The van der Waals surface area contributed by atoms with Crippen molar-refractivity contribution >= 4 is 41.0 Å². The van der Waals surface area contributed by atoms with Crippen LogP contribution in [0.15, 0.2) is 79.3 Å². The lowest BCUT2D eigenvalue weighted by atomic mass is 9.78. The first-order valence-corrected chi connectivity index (χ1v) is 17.0. The van der Waals surface area contributed by atoms with Crippen molar-refractivity contribution in [2.24, 2.45) is 17.8 Å². The van der Waals surface area contributed by atoms with E-state index in [1.54, 1.807) is 36.4 Å². The first kappa shape index (κ1) is 33.7. The molecule has 1 aliphatic carbocycles. The van der Waals surface area contributed by atoms with Crippen LogP contribution in [0.3, 0.4) is 0 Å². The fraction of sp³-hybridized carbons (Fsp3) is 0.282. The van der Waals surface area contributed by atoms with Crippen LogP contribution in [0.25, 0.3) is 16.8 Å². The van der Waals surface area contributed by atoms with Crippen molar-refractivity contribution in [1.29, 1.82) is 0 Å². The van der Waals surface area contributed by atoms with Crippen LogP contribution in [-0.2, 0) is 4.79 Å². The van der Waals surface area contributed by atoms with Crippen molar-refractivity contribution in [3.63, 3.8) is 0 Å². The van der Waals surface area contributed by atoms with Crippen molar-refractivity contribution in [1.82, 2.24) is 19.7 Å². The first-order chi connectivity index (χ1) is 24.7. The van der Waals surface area contributed by atoms with Crippen molar-refractivity contribution in [3.05, 3.63) is 108 Å². The highest BCUT2D eigenvalue weighted by atomic mass is 19.1. The second kappa shape index (κ2) is 14.2. The lowest BCUT2D eigenvalue weighted by Gasteiger charge is -2.30. The zero-order valence-corrected chi connectivity index (χ0v) is 27.6. The highest BCUT2D eigenvalue weighted by Gasteiger charge is 2.37. The summed E-state index contributed by atoms with van der Waals surface area (Å²) in [5, 5.41) is 13.6. The average molecular weight is 692 g/mol. The summed E-state index contributed by atoms with van der Waals surface area (Å²) in [5.74, 6) is -2.15. The molecule has 51 heavy (non-hydrogen) atoms.